The van der Waals surface area contributed by atoms with E-state index in [0.717, 1.165) is 13.2 Å². The Kier molecular flexibility index (Phi) is 12.7. The number of benzene rings is 4. The van der Waals surface area contributed by atoms with Gasteiger partial charge >= 0.3 is 5.97 Å². The van der Waals surface area contributed by atoms with Gasteiger partial charge in [-0.3, -0.25) is 24.0 Å². The van der Waals surface area contributed by atoms with E-state index < -0.39 is 52.7 Å². The summed E-state index contributed by atoms with van der Waals surface area (Å²) < 4.78 is 10.3. The van der Waals surface area contributed by atoms with E-state index in [0.29, 0.717) is 11.3 Å². The van der Waals surface area contributed by atoms with Crippen molar-refractivity contribution >= 4 is 69.6 Å². The molecule has 0 unspecified atom stereocenters. The molecule has 5 amide bonds. The van der Waals surface area contributed by atoms with Crippen molar-refractivity contribution in [2.24, 2.45) is 0 Å². The molecule has 5 aromatic rings. The largest absolute Gasteiger partial charge is 0.504 e. The Labute approximate surface area is 327 Å². The first kappa shape index (κ1) is 40.3. The lowest BCUT2D eigenvalue weighted by Gasteiger charge is -2.17. The maximum absolute atomic E-state index is 13.1. The number of nitrogens with one attached hydrogen (secondary N) is 5. The van der Waals surface area contributed by atoms with Crippen LogP contribution in [-0.4, -0.2) is 71.1 Å². The highest BCUT2D eigenvalue weighted by molar-refractivity contribution is 7.08. The van der Waals surface area contributed by atoms with Crippen LogP contribution < -0.4 is 36.1 Å². The number of aromatic hydroxyl groups is 2. The molecule has 0 aliphatic heterocycles. The van der Waals surface area contributed by atoms with Gasteiger partial charge in [0.1, 0.15) is 11.6 Å². The number of carboxylic acids is 1. The fourth-order valence-electron chi connectivity index (χ4n) is 5.27. The topological polar surface area (TPSA) is 266 Å². The van der Waals surface area contributed by atoms with E-state index in [2.05, 4.69) is 26.6 Å². The molecule has 0 radical (unpaired) electrons. The molecule has 0 aliphatic rings. The number of carbonyl (C=O) groups is 6. The van der Waals surface area contributed by atoms with Crippen LogP contribution in [0.25, 0.3) is 0 Å². The lowest BCUT2D eigenvalue weighted by Crippen LogP contribution is -2.43. The second-order valence-electron chi connectivity index (χ2n) is 11.8. The second-order valence-corrected chi connectivity index (χ2v) is 12.6. The summed E-state index contributed by atoms with van der Waals surface area (Å²) in [7, 11) is 2.36. The standard InChI is InChI=1S/C39H32N6O11S/c1-55-32-27(13-11-25(30(32)46)37(51)44-28-14-12-26(39(53)54)31(47)33(28)56-2)43-34(48)20-5-9-24(10-6-20)42-38(52)29(15-17-40)45-35(49)21-3-7-23(8-4-21)41-36(50)22-16-18-57-19-22/h3-14,16,18-19,29,46-47H,15H2,1-2H3,(H,41,50)(H,42,52)(H,43,48)(H,44,51)(H,45,49)(H,53,54)/t29-/m0/s1. The molecule has 1 heterocycles. The third kappa shape index (κ3) is 9.43. The van der Waals surface area contributed by atoms with E-state index in [1.165, 1.54) is 85.2 Å². The number of amides is 5. The zero-order valence-electron chi connectivity index (χ0n) is 29.9. The van der Waals surface area contributed by atoms with Crippen LogP contribution in [0.5, 0.6) is 23.0 Å². The number of nitrogens with zero attached hydrogens (tertiary/aromatic N) is 1. The van der Waals surface area contributed by atoms with Crippen molar-refractivity contribution < 1.29 is 53.6 Å². The number of anilines is 4. The first-order valence-electron chi connectivity index (χ1n) is 16.5. The van der Waals surface area contributed by atoms with Gasteiger partial charge in [0.15, 0.2) is 23.0 Å². The number of phenols is 2. The van der Waals surface area contributed by atoms with Crippen molar-refractivity contribution in [3.63, 3.8) is 0 Å². The highest BCUT2D eigenvalue weighted by atomic mass is 32.1. The van der Waals surface area contributed by atoms with Crippen LogP contribution in [0.2, 0.25) is 0 Å². The van der Waals surface area contributed by atoms with Gasteiger partial charge in [-0.1, -0.05) is 0 Å². The Bertz CT molecular complexity index is 2390. The number of ether oxygens (including phenoxy) is 2. The molecule has 57 heavy (non-hydrogen) atoms. The van der Waals surface area contributed by atoms with Crippen LogP contribution >= 0.6 is 11.3 Å². The van der Waals surface area contributed by atoms with Crippen LogP contribution in [-0.2, 0) is 4.79 Å². The lowest BCUT2D eigenvalue weighted by molar-refractivity contribution is -0.117. The Morgan fingerprint density at radius 1 is 0.649 bits per heavy atom. The second kappa shape index (κ2) is 17.9. The highest BCUT2D eigenvalue weighted by Gasteiger charge is 2.25. The van der Waals surface area contributed by atoms with Crippen molar-refractivity contribution in [1.29, 1.82) is 5.26 Å². The van der Waals surface area contributed by atoms with E-state index in [4.69, 9.17) is 9.47 Å². The maximum atomic E-state index is 13.1. The fraction of sp³-hybridized carbons (Fsp3) is 0.103. The SMILES string of the molecule is COc1c(NC(=O)c2ccc(NC(=O)c3ccc(NC(=O)[C@H](CC#N)NC(=O)c4ccc(NC(=O)c5ccsc5)cc4)cc3)c(OC)c2O)ccc(C(=O)O)c1O. The number of hydrogen-bond acceptors (Lipinski definition) is 12. The minimum atomic E-state index is -1.42. The Morgan fingerprint density at radius 2 is 1.16 bits per heavy atom. The maximum Gasteiger partial charge on any atom is 0.339 e. The van der Waals surface area contributed by atoms with Crippen LogP contribution in [0, 0.1) is 11.3 Å². The van der Waals surface area contributed by atoms with Crippen molar-refractivity contribution in [1.82, 2.24) is 5.32 Å². The van der Waals surface area contributed by atoms with Crippen molar-refractivity contribution in [3.8, 4) is 29.1 Å². The van der Waals surface area contributed by atoms with E-state index in [9.17, 15) is 49.3 Å². The third-order valence-electron chi connectivity index (χ3n) is 8.16. The van der Waals surface area contributed by atoms with Crippen LogP contribution in [0.15, 0.2) is 89.6 Å². The third-order valence-corrected chi connectivity index (χ3v) is 8.85. The molecule has 8 N–H and O–H groups in total. The van der Waals surface area contributed by atoms with Crippen LogP contribution in [0.4, 0.5) is 22.7 Å². The first-order chi connectivity index (χ1) is 27.3. The number of nitriles is 1. The molecule has 0 saturated heterocycles. The summed E-state index contributed by atoms with van der Waals surface area (Å²) in [5.74, 6) is -6.55. The summed E-state index contributed by atoms with van der Waals surface area (Å²) in [5.41, 5.74) is 0.633. The van der Waals surface area contributed by atoms with Gasteiger partial charge in [0.05, 0.1) is 49.2 Å². The Hall–Kier alpha value is -7.91. The molecule has 0 spiro atoms. The normalized spacial score (nSPS) is 10.9. The van der Waals surface area contributed by atoms with E-state index >= 15 is 0 Å². The van der Waals surface area contributed by atoms with Gasteiger partial charge in [0, 0.05) is 27.9 Å². The molecule has 17 nitrogen and oxygen atoms in total. The molecule has 0 fully saturated rings. The number of thiophene rings is 1. The number of aromatic carboxylic acids is 1. The van der Waals surface area contributed by atoms with Crippen LogP contribution in [0.3, 0.4) is 0 Å². The smallest absolute Gasteiger partial charge is 0.339 e. The zero-order chi connectivity index (χ0) is 41.2. The molecule has 290 valence electrons. The molecular formula is C39H32N6O11S. The minimum Gasteiger partial charge on any atom is -0.504 e. The molecule has 0 bridgehead atoms. The summed E-state index contributed by atoms with van der Waals surface area (Å²) >= 11 is 1.38. The molecule has 18 heteroatoms. The molecular weight excluding hydrogens is 761 g/mol. The number of carbonyl (C=O) groups excluding carboxylic acids is 5. The summed E-state index contributed by atoms with van der Waals surface area (Å²) in [5, 5.41) is 56.0. The number of rotatable bonds is 14. The highest BCUT2D eigenvalue weighted by Crippen LogP contribution is 2.40. The molecule has 0 aliphatic carbocycles. The number of hydrogen-bond donors (Lipinski definition) is 8. The van der Waals surface area contributed by atoms with Gasteiger partial charge < -0.3 is 51.4 Å². The van der Waals surface area contributed by atoms with Crippen LogP contribution in [0.1, 0.15) is 58.2 Å². The van der Waals surface area contributed by atoms with Gasteiger partial charge in [-0.2, -0.15) is 16.6 Å². The van der Waals surface area contributed by atoms with E-state index in [-0.39, 0.29) is 57.6 Å². The zero-order valence-corrected chi connectivity index (χ0v) is 30.7. The Morgan fingerprint density at radius 3 is 1.68 bits per heavy atom. The molecule has 0 saturated carbocycles. The van der Waals surface area contributed by atoms with Gasteiger partial charge in [-0.05, 0) is 84.2 Å². The predicted molar refractivity (Wildman–Crippen MR) is 207 cm³/mol. The lowest BCUT2D eigenvalue weighted by atomic mass is 10.1. The van der Waals surface area contributed by atoms with Gasteiger partial charge in [-0.15, -0.1) is 0 Å². The van der Waals surface area contributed by atoms with Crippen molar-refractivity contribution in [2.75, 3.05) is 35.5 Å². The van der Waals surface area contributed by atoms with Gasteiger partial charge in [0.25, 0.3) is 23.6 Å². The summed E-state index contributed by atoms with van der Waals surface area (Å²) in [6, 6.07) is 18.6. The first-order valence-corrected chi connectivity index (χ1v) is 17.5. The minimum absolute atomic E-state index is 0.0113. The van der Waals surface area contributed by atoms with Crippen molar-refractivity contribution in [2.45, 2.75) is 12.5 Å². The van der Waals surface area contributed by atoms with E-state index in [1.54, 1.807) is 16.8 Å². The Balaban J connectivity index is 1.20. The predicted octanol–water partition coefficient (Wildman–Crippen LogP) is 5.28. The monoisotopic (exact) mass is 792 g/mol. The average Bonchev–Trinajstić information content (AvgIpc) is 3.74. The molecule has 1 atom stereocenters. The fourth-order valence-corrected chi connectivity index (χ4v) is 5.91. The van der Waals surface area contributed by atoms with Gasteiger partial charge in [0.2, 0.25) is 5.91 Å². The van der Waals surface area contributed by atoms with Crippen molar-refractivity contribution in [3.05, 3.63) is 117 Å². The number of carboxylic acid groups (broad SMARTS) is 1. The number of methoxy groups -OCH3 is 2. The summed E-state index contributed by atoms with van der Waals surface area (Å²) in [6.45, 7) is 0. The molecule has 5 rings (SSSR count). The summed E-state index contributed by atoms with van der Waals surface area (Å²) in [6.07, 6.45) is -0.348. The molecule has 4 aromatic carbocycles. The molecule has 1 aromatic heterocycles. The summed E-state index contributed by atoms with van der Waals surface area (Å²) in [4.78, 5) is 75.9. The van der Waals surface area contributed by atoms with Gasteiger partial charge in [-0.25, -0.2) is 4.79 Å². The quantitative estimate of drug-likeness (QED) is 0.0714. The average molecular weight is 793 g/mol. The van der Waals surface area contributed by atoms with E-state index in [1.807, 2.05) is 6.07 Å². The number of phenolic OH excluding ortho intramolecular Hbond substituents is 1.